The predicted octanol–water partition coefficient (Wildman–Crippen LogP) is 1.29. The minimum atomic E-state index is -3.32. The second kappa shape index (κ2) is 4.81. The Kier molecular flexibility index (Phi) is 4.13. The maximum atomic E-state index is 11.9. The average Bonchev–Trinajstić information content (AvgIpc) is 2.60. The third-order valence-corrected chi connectivity index (χ3v) is 5.76. The molecule has 0 aromatic carbocycles. The van der Waals surface area contributed by atoms with Crippen molar-refractivity contribution in [2.75, 3.05) is 12.9 Å². The van der Waals surface area contributed by atoms with Gasteiger partial charge in [0.25, 0.3) is 0 Å². The number of hydrogen-bond acceptors (Lipinski definition) is 4. The van der Waals surface area contributed by atoms with Gasteiger partial charge in [-0.05, 0) is 17.3 Å². The Morgan fingerprint density at radius 3 is 2.11 bits per heavy atom. The van der Waals surface area contributed by atoms with E-state index in [-0.39, 0.29) is 41.4 Å². The lowest BCUT2D eigenvalue weighted by Crippen LogP contribution is -2.32. The van der Waals surface area contributed by atoms with Gasteiger partial charge in [0.1, 0.15) is 0 Å². The summed E-state index contributed by atoms with van der Waals surface area (Å²) in [4.78, 5) is 10.9. The van der Waals surface area contributed by atoms with Crippen LogP contribution in [0.15, 0.2) is 0 Å². The Hall–Kier alpha value is -0.620. The number of esters is 1. The van der Waals surface area contributed by atoms with Crippen molar-refractivity contribution < 1.29 is 17.9 Å². The van der Waals surface area contributed by atoms with Gasteiger partial charge in [-0.15, -0.1) is 0 Å². The van der Waals surface area contributed by atoms with E-state index in [0.29, 0.717) is 0 Å². The van der Waals surface area contributed by atoms with E-state index in [2.05, 4.69) is 37.2 Å². The molecule has 0 aromatic heterocycles. The molecule has 0 amide bonds. The van der Waals surface area contributed by atoms with E-state index in [0.717, 1.165) is 0 Å². The number of carbonyl (C=O) groups excluding carboxylic acids is 1. The van der Waals surface area contributed by atoms with Crippen LogP contribution in [0.1, 0.15) is 40.5 Å². The quantitative estimate of drug-likeness (QED) is 0.743. The molecule has 0 bridgehead atoms. The molecule has 18 heavy (non-hydrogen) atoms. The lowest BCUT2D eigenvalue weighted by molar-refractivity contribution is -0.140. The first-order valence-electron chi connectivity index (χ1n) is 6.11. The third kappa shape index (κ3) is 3.03. The highest BCUT2D eigenvalue weighted by atomic mass is 32.2. The van der Waals surface area contributed by atoms with Gasteiger partial charge in [0, 0.05) is 12.5 Å². The normalized spacial score (nSPS) is 21.6. The zero-order valence-electron chi connectivity index (χ0n) is 11.7. The van der Waals surface area contributed by atoms with Gasteiger partial charge in [0.2, 0.25) is 10.0 Å². The molecule has 5 nitrogen and oxygen atoms in total. The number of hydrogen-bond donors (Lipinski definition) is 1. The largest absolute Gasteiger partial charge is 0.469 e. The molecule has 0 saturated heterocycles. The fourth-order valence-corrected chi connectivity index (χ4v) is 3.83. The summed E-state index contributed by atoms with van der Waals surface area (Å²) in [6, 6.07) is -0.0341. The molecule has 1 aliphatic rings. The van der Waals surface area contributed by atoms with Crippen LogP contribution in [0.25, 0.3) is 0 Å². The molecule has 0 atom stereocenters. The first kappa shape index (κ1) is 15.4. The predicted molar refractivity (Wildman–Crippen MR) is 69.5 cm³/mol. The average molecular weight is 277 g/mol. The van der Waals surface area contributed by atoms with Gasteiger partial charge < -0.3 is 4.74 Å². The minimum Gasteiger partial charge on any atom is -0.469 e. The highest BCUT2D eigenvalue weighted by Gasteiger charge is 2.65. The fourth-order valence-electron chi connectivity index (χ4n) is 2.24. The van der Waals surface area contributed by atoms with E-state index in [4.69, 9.17) is 0 Å². The smallest absolute Gasteiger partial charge is 0.305 e. The van der Waals surface area contributed by atoms with E-state index in [9.17, 15) is 13.2 Å². The summed E-state index contributed by atoms with van der Waals surface area (Å²) in [7, 11) is -2.03. The second-order valence-corrected chi connectivity index (χ2v) is 7.87. The molecular weight excluding hydrogens is 254 g/mol. The maximum absolute atomic E-state index is 11.9. The topological polar surface area (TPSA) is 72.5 Å². The monoisotopic (exact) mass is 277 g/mol. The van der Waals surface area contributed by atoms with Gasteiger partial charge in [-0.25, -0.2) is 13.1 Å². The molecule has 106 valence electrons. The van der Waals surface area contributed by atoms with E-state index < -0.39 is 10.0 Å². The van der Waals surface area contributed by atoms with E-state index in [1.165, 1.54) is 7.11 Å². The third-order valence-electron chi connectivity index (χ3n) is 4.34. The molecule has 1 fully saturated rings. The summed E-state index contributed by atoms with van der Waals surface area (Å²) < 4.78 is 30.9. The summed E-state index contributed by atoms with van der Waals surface area (Å²) >= 11 is 0. The van der Waals surface area contributed by atoms with Crippen LogP contribution in [-0.4, -0.2) is 33.3 Å². The van der Waals surface area contributed by atoms with Gasteiger partial charge in [-0.1, -0.05) is 27.7 Å². The van der Waals surface area contributed by atoms with Crippen LogP contribution >= 0.6 is 0 Å². The number of sulfonamides is 1. The Morgan fingerprint density at radius 1 is 1.22 bits per heavy atom. The second-order valence-electron chi connectivity index (χ2n) is 5.99. The molecule has 1 saturated carbocycles. The first-order valence-corrected chi connectivity index (χ1v) is 7.76. The Bertz CT molecular complexity index is 411. The number of ether oxygens (including phenoxy) is 1. The summed E-state index contributed by atoms with van der Waals surface area (Å²) in [6.07, 6.45) is 0.421. The molecule has 0 aromatic rings. The van der Waals surface area contributed by atoms with Crippen LogP contribution in [0.3, 0.4) is 0 Å². The lowest BCUT2D eigenvalue weighted by Gasteiger charge is -2.07. The SMILES string of the molecule is COC(=O)CCCS(=O)(=O)NC1C(C)(C)C1(C)C. The summed E-state index contributed by atoms with van der Waals surface area (Å²) in [6.45, 7) is 8.20. The minimum absolute atomic E-state index is 0.0254. The van der Waals surface area contributed by atoms with Crippen LogP contribution < -0.4 is 4.72 Å². The van der Waals surface area contributed by atoms with Crippen LogP contribution in [0, 0.1) is 10.8 Å². The zero-order valence-corrected chi connectivity index (χ0v) is 12.6. The molecule has 0 radical (unpaired) electrons. The van der Waals surface area contributed by atoms with E-state index >= 15 is 0 Å². The highest BCUT2D eigenvalue weighted by molar-refractivity contribution is 7.89. The van der Waals surface area contributed by atoms with Crippen molar-refractivity contribution in [3.8, 4) is 0 Å². The molecule has 1 aliphatic carbocycles. The zero-order chi connectivity index (χ0) is 14.2. The molecular formula is C12H23NO4S. The first-order chi connectivity index (χ1) is 8.04. The van der Waals surface area contributed by atoms with Crippen LogP contribution in [0.5, 0.6) is 0 Å². The number of rotatable bonds is 6. The van der Waals surface area contributed by atoms with Crippen LogP contribution in [0.4, 0.5) is 0 Å². The number of carbonyl (C=O) groups is 1. The molecule has 6 heteroatoms. The number of nitrogens with one attached hydrogen (secondary N) is 1. The van der Waals surface area contributed by atoms with Gasteiger partial charge in [0.15, 0.2) is 0 Å². The van der Waals surface area contributed by atoms with Crippen molar-refractivity contribution in [1.82, 2.24) is 4.72 Å². The van der Waals surface area contributed by atoms with Crippen molar-refractivity contribution in [1.29, 1.82) is 0 Å². The molecule has 0 spiro atoms. The molecule has 1 rings (SSSR count). The Balaban J connectivity index is 2.45. The van der Waals surface area contributed by atoms with Crippen molar-refractivity contribution in [3.05, 3.63) is 0 Å². The highest BCUT2D eigenvalue weighted by Crippen LogP contribution is 2.62. The van der Waals surface area contributed by atoms with Crippen molar-refractivity contribution in [2.45, 2.75) is 46.6 Å². The molecule has 0 unspecified atom stereocenters. The van der Waals surface area contributed by atoms with Gasteiger partial charge in [-0.3, -0.25) is 4.79 Å². The summed E-state index contributed by atoms with van der Waals surface area (Å²) in [5.41, 5.74) is -0.0508. The molecule has 1 N–H and O–H groups in total. The Labute approximate surface area is 109 Å². The Morgan fingerprint density at radius 2 is 1.72 bits per heavy atom. The fraction of sp³-hybridized carbons (Fsp3) is 0.917. The van der Waals surface area contributed by atoms with E-state index in [1.54, 1.807) is 0 Å². The molecule has 0 aliphatic heterocycles. The molecule has 0 heterocycles. The van der Waals surface area contributed by atoms with Gasteiger partial charge in [-0.2, -0.15) is 0 Å². The summed E-state index contributed by atoms with van der Waals surface area (Å²) in [5, 5.41) is 0. The van der Waals surface area contributed by atoms with Crippen molar-refractivity contribution in [2.24, 2.45) is 10.8 Å². The maximum Gasteiger partial charge on any atom is 0.305 e. The van der Waals surface area contributed by atoms with E-state index in [1.807, 2.05) is 0 Å². The lowest BCUT2D eigenvalue weighted by atomic mass is 10.0. The van der Waals surface area contributed by atoms with Crippen LogP contribution in [-0.2, 0) is 19.6 Å². The standard InChI is InChI=1S/C12H23NO4S/c1-11(2)10(12(11,3)4)13-18(15,16)8-6-7-9(14)17-5/h10,13H,6-8H2,1-5H3. The van der Waals surface area contributed by atoms with Crippen LogP contribution in [0.2, 0.25) is 0 Å². The van der Waals surface area contributed by atoms with Crippen molar-refractivity contribution >= 4 is 16.0 Å². The van der Waals surface area contributed by atoms with Gasteiger partial charge in [0.05, 0.1) is 12.9 Å². The number of methoxy groups -OCH3 is 1. The van der Waals surface area contributed by atoms with Gasteiger partial charge >= 0.3 is 5.97 Å². The van der Waals surface area contributed by atoms with Crippen molar-refractivity contribution in [3.63, 3.8) is 0 Å². The summed E-state index contributed by atoms with van der Waals surface area (Å²) in [5.74, 6) is -0.414.